The van der Waals surface area contributed by atoms with Crippen LogP contribution >= 0.6 is 0 Å². The summed E-state index contributed by atoms with van der Waals surface area (Å²) < 4.78 is 16.6. The predicted molar refractivity (Wildman–Crippen MR) is 108 cm³/mol. The minimum absolute atomic E-state index is 0.113. The van der Waals surface area contributed by atoms with Gasteiger partial charge in [-0.1, -0.05) is 0 Å². The van der Waals surface area contributed by atoms with Crippen LogP contribution in [0, 0.1) is 13.8 Å². The Labute approximate surface area is 170 Å². The topological polar surface area (TPSA) is 93.8 Å². The quantitative estimate of drug-likeness (QED) is 0.785. The number of hydrogen-bond acceptors (Lipinski definition) is 6. The van der Waals surface area contributed by atoms with Crippen molar-refractivity contribution in [3.8, 4) is 5.75 Å². The number of benzene rings is 1. The molecule has 1 fully saturated rings. The van der Waals surface area contributed by atoms with E-state index in [1.54, 1.807) is 11.0 Å². The highest BCUT2D eigenvalue weighted by molar-refractivity contribution is 5.99. The monoisotopic (exact) mass is 403 g/mol. The van der Waals surface area contributed by atoms with E-state index in [0.717, 1.165) is 22.4 Å². The molecule has 0 spiro atoms. The molecule has 2 heterocycles. The van der Waals surface area contributed by atoms with Crippen molar-refractivity contribution >= 4 is 23.1 Å². The number of nitrogens with one attached hydrogen (secondary N) is 1. The van der Waals surface area contributed by atoms with Gasteiger partial charge in [0.2, 0.25) is 0 Å². The lowest BCUT2D eigenvalue weighted by atomic mass is 10.0. The second-order valence-electron chi connectivity index (χ2n) is 8.37. The van der Waals surface area contributed by atoms with Crippen LogP contribution in [0.1, 0.15) is 55.4 Å². The number of esters is 1. The molecule has 0 saturated carbocycles. The van der Waals surface area contributed by atoms with Gasteiger partial charge in [0.25, 0.3) is 0 Å². The molecule has 1 amide bonds. The van der Waals surface area contributed by atoms with E-state index in [0.29, 0.717) is 37.2 Å². The predicted octanol–water partition coefficient (Wildman–Crippen LogP) is 3.74. The number of likely N-dealkylation sites (tertiary alicyclic amines) is 1. The van der Waals surface area contributed by atoms with Crippen LogP contribution in [0.4, 0.5) is 4.79 Å². The standard InChI is InChI=1S/C21H29N3O5/c1-12-17(19(25)27-6)16(11-15-18(12)23-13(2)22-15)28-14-7-9-24(10-8-14)20(26)29-21(3,4)5/h11,14H,7-10H2,1-6H3,(H,22,23). The zero-order chi connectivity index (χ0) is 21.3. The third-order valence-corrected chi connectivity index (χ3v) is 4.88. The molecule has 29 heavy (non-hydrogen) atoms. The Bertz CT molecular complexity index is 921. The van der Waals surface area contributed by atoms with E-state index in [9.17, 15) is 9.59 Å². The first-order valence-corrected chi connectivity index (χ1v) is 9.82. The van der Waals surface area contributed by atoms with Crippen molar-refractivity contribution < 1.29 is 23.8 Å². The molecule has 1 aromatic carbocycles. The molecule has 3 rings (SSSR count). The number of aryl methyl sites for hydroxylation is 2. The molecule has 1 aliphatic rings. The number of ether oxygens (including phenoxy) is 3. The van der Waals surface area contributed by atoms with Crippen molar-refractivity contribution in [3.05, 3.63) is 23.0 Å². The van der Waals surface area contributed by atoms with Crippen molar-refractivity contribution in [3.63, 3.8) is 0 Å². The maximum Gasteiger partial charge on any atom is 0.410 e. The van der Waals surface area contributed by atoms with Gasteiger partial charge in [-0.3, -0.25) is 0 Å². The fraction of sp³-hybridized carbons (Fsp3) is 0.571. The van der Waals surface area contributed by atoms with Crippen LogP contribution in [0.15, 0.2) is 6.07 Å². The number of hydrogen-bond donors (Lipinski definition) is 1. The van der Waals surface area contributed by atoms with E-state index in [-0.39, 0.29) is 12.2 Å². The molecule has 0 atom stereocenters. The molecule has 8 heteroatoms. The number of methoxy groups -OCH3 is 1. The minimum Gasteiger partial charge on any atom is -0.489 e. The van der Waals surface area contributed by atoms with Crippen LogP contribution in [-0.4, -0.2) is 58.8 Å². The van der Waals surface area contributed by atoms with Gasteiger partial charge in [0, 0.05) is 32.0 Å². The van der Waals surface area contributed by atoms with Crippen molar-refractivity contribution in [2.75, 3.05) is 20.2 Å². The van der Waals surface area contributed by atoms with E-state index < -0.39 is 11.6 Å². The summed E-state index contributed by atoms with van der Waals surface area (Å²) in [6.07, 6.45) is 0.882. The average Bonchev–Trinajstić information content (AvgIpc) is 3.01. The number of aromatic amines is 1. The summed E-state index contributed by atoms with van der Waals surface area (Å²) in [5.41, 5.74) is 2.14. The van der Waals surface area contributed by atoms with Gasteiger partial charge >= 0.3 is 12.1 Å². The highest BCUT2D eigenvalue weighted by Gasteiger charge is 2.29. The van der Waals surface area contributed by atoms with Crippen molar-refractivity contribution in [2.45, 2.75) is 59.2 Å². The maximum atomic E-state index is 12.4. The number of amides is 1. The molecule has 0 unspecified atom stereocenters. The van der Waals surface area contributed by atoms with Crippen LogP contribution in [0.25, 0.3) is 11.0 Å². The zero-order valence-corrected chi connectivity index (χ0v) is 17.9. The van der Waals surface area contributed by atoms with E-state index in [2.05, 4.69) is 9.97 Å². The van der Waals surface area contributed by atoms with E-state index in [4.69, 9.17) is 14.2 Å². The smallest absolute Gasteiger partial charge is 0.410 e. The number of carbonyl (C=O) groups excluding carboxylic acids is 2. The van der Waals surface area contributed by atoms with Crippen LogP contribution < -0.4 is 4.74 Å². The number of imidazole rings is 1. The SMILES string of the molecule is COC(=O)c1c(OC2CCN(C(=O)OC(C)(C)C)CC2)cc2[nH]c(C)nc2c1C. The van der Waals surface area contributed by atoms with Crippen molar-refractivity contribution in [1.29, 1.82) is 0 Å². The molecule has 0 bridgehead atoms. The number of piperidine rings is 1. The Kier molecular flexibility index (Phi) is 5.73. The molecule has 1 N–H and O–H groups in total. The largest absolute Gasteiger partial charge is 0.489 e. The molecule has 1 aliphatic heterocycles. The molecule has 1 saturated heterocycles. The lowest BCUT2D eigenvalue weighted by Crippen LogP contribution is -2.44. The molecule has 0 radical (unpaired) electrons. The first-order chi connectivity index (χ1) is 13.6. The highest BCUT2D eigenvalue weighted by Crippen LogP contribution is 2.32. The van der Waals surface area contributed by atoms with Crippen LogP contribution in [-0.2, 0) is 9.47 Å². The van der Waals surface area contributed by atoms with Gasteiger partial charge in [-0.15, -0.1) is 0 Å². The molecular weight excluding hydrogens is 374 g/mol. The summed E-state index contributed by atoms with van der Waals surface area (Å²) in [6, 6.07) is 1.80. The zero-order valence-electron chi connectivity index (χ0n) is 17.9. The molecule has 158 valence electrons. The van der Waals surface area contributed by atoms with Gasteiger partial charge in [-0.2, -0.15) is 0 Å². The minimum atomic E-state index is -0.519. The van der Waals surface area contributed by atoms with E-state index in [1.165, 1.54) is 7.11 Å². The molecule has 1 aromatic heterocycles. The third-order valence-electron chi connectivity index (χ3n) is 4.88. The first-order valence-electron chi connectivity index (χ1n) is 9.82. The van der Waals surface area contributed by atoms with Gasteiger partial charge in [0.1, 0.15) is 28.8 Å². The molecule has 8 nitrogen and oxygen atoms in total. The van der Waals surface area contributed by atoms with Gasteiger partial charge in [0.15, 0.2) is 0 Å². The van der Waals surface area contributed by atoms with Crippen molar-refractivity contribution in [1.82, 2.24) is 14.9 Å². The number of H-pyrrole nitrogens is 1. The summed E-state index contributed by atoms with van der Waals surface area (Å²) >= 11 is 0. The van der Waals surface area contributed by atoms with Gasteiger partial charge in [0.05, 0.1) is 18.1 Å². The lowest BCUT2D eigenvalue weighted by Gasteiger charge is -2.33. The fourth-order valence-electron chi connectivity index (χ4n) is 3.52. The summed E-state index contributed by atoms with van der Waals surface area (Å²) in [5, 5.41) is 0. The van der Waals surface area contributed by atoms with Gasteiger partial charge < -0.3 is 24.1 Å². The summed E-state index contributed by atoms with van der Waals surface area (Å²) in [7, 11) is 1.35. The number of nitrogens with zero attached hydrogens (tertiary/aromatic N) is 2. The van der Waals surface area contributed by atoms with Gasteiger partial charge in [-0.25, -0.2) is 14.6 Å². The normalized spacial score (nSPS) is 15.4. The van der Waals surface area contributed by atoms with Crippen LogP contribution in [0.3, 0.4) is 0 Å². The van der Waals surface area contributed by atoms with E-state index >= 15 is 0 Å². The Hall–Kier alpha value is -2.77. The molecule has 0 aliphatic carbocycles. The number of fused-ring (bicyclic) bond motifs is 1. The Morgan fingerprint density at radius 3 is 2.45 bits per heavy atom. The third kappa shape index (κ3) is 4.63. The Morgan fingerprint density at radius 1 is 1.21 bits per heavy atom. The number of carbonyl (C=O) groups is 2. The van der Waals surface area contributed by atoms with E-state index in [1.807, 2.05) is 34.6 Å². The average molecular weight is 403 g/mol. The molecular formula is C21H29N3O5. The lowest BCUT2D eigenvalue weighted by molar-refractivity contribution is 0.0126. The van der Waals surface area contributed by atoms with Crippen molar-refractivity contribution in [2.24, 2.45) is 0 Å². The van der Waals surface area contributed by atoms with Gasteiger partial charge in [-0.05, 0) is 40.2 Å². The number of rotatable bonds is 3. The maximum absolute atomic E-state index is 12.4. The Balaban J connectivity index is 1.77. The van der Waals surface area contributed by atoms with Crippen LogP contribution in [0.2, 0.25) is 0 Å². The second-order valence-corrected chi connectivity index (χ2v) is 8.37. The second kappa shape index (κ2) is 7.93. The Morgan fingerprint density at radius 2 is 1.86 bits per heavy atom. The number of aromatic nitrogens is 2. The first kappa shape index (κ1) is 21.0. The summed E-state index contributed by atoms with van der Waals surface area (Å²) in [5.74, 6) is 0.786. The summed E-state index contributed by atoms with van der Waals surface area (Å²) in [4.78, 5) is 34.0. The highest BCUT2D eigenvalue weighted by atomic mass is 16.6. The van der Waals surface area contributed by atoms with Crippen LogP contribution in [0.5, 0.6) is 5.75 Å². The fourth-order valence-corrected chi connectivity index (χ4v) is 3.52. The molecule has 2 aromatic rings. The summed E-state index contributed by atoms with van der Waals surface area (Å²) in [6.45, 7) is 10.3.